The summed E-state index contributed by atoms with van der Waals surface area (Å²) in [6, 6.07) is 0.935. The molecule has 3 aliphatic heterocycles. The van der Waals surface area contributed by atoms with Gasteiger partial charge in [0.1, 0.15) is 6.02 Å². The van der Waals surface area contributed by atoms with Crippen molar-refractivity contribution in [2.45, 2.75) is 18.5 Å². The highest BCUT2D eigenvalue weighted by Crippen LogP contribution is 2.44. The van der Waals surface area contributed by atoms with Crippen molar-refractivity contribution in [3.05, 3.63) is 59.2 Å². The Morgan fingerprint density at radius 3 is 2.93 bits per heavy atom. The van der Waals surface area contributed by atoms with Gasteiger partial charge in [0.05, 0.1) is 19.4 Å². The molecule has 4 heterocycles. The summed E-state index contributed by atoms with van der Waals surface area (Å²) >= 11 is 0. The number of piperazine rings is 1. The number of rotatable bonds is 1. The second kappa shape index (κ2) is 5.76. The summed E-state index contributed by atoms with van der Waals surface area (Å²) in [5, 5.41) is 0.228. The van der Waals surface area contributed by atoms with Crippen LogP contribution in [-0.4, -0.2) is 53.0 Å². The van der Waals surface area contributed by atoms with E-state index in [1.165, 1.54) is 16.8 Å². The predicted molar refractivity (Wildman–Crippen MR) is 105 cm³/mol. The molecule has 2 aromatic carbocycles. The molecule has 1 fully saturated rings. The van der Waals surface area contributed by atoms with Crippen molar-refractivity contribution >= 4 is 22.7 Å². The number of hydrogen-bond donors (Lipinski definition) is 1. The van der Waals surface area contributed by atoms with E-state index in [9.17, 15) is 11.0 Å². The monoisotopic (exact) mass is 394 g/mol. The summed E-state index contributed by atoms with van der Waals surface area (Å²) in [5.41, 5.74) is 1.62. The number of likely N-dealkylation sites (N-methyl/N-ethyl adjacent to an activating group) is 1. The van der Waals surface area contributed by atoms with Gasteiger partial charge in [-0.2, -0.15) is 0 Å². The number of nitrogens with zero attached hydrogens (tertiary/aromatic N) is 2. The van der Waals surface area contributed by atoms with E-state index in [1.807, 2.05) is 0 Å². The molecule has 1 saturated heterocycles. The third kappa shape index (κ3) is 2.24. The molecular formula is C22H19N3O4. The summed E-state index contributed by atoms with van der Waals surface area (Å²) in [5.74, 6) is 0.0321. The number of fused-ring (bicyclic) bond motifs is 5. The maximum absolute atomic E-state index is 13.3. The van der Waals surface area contributed by atoms with Gasteiger partial charge in [-0.05, 0) is 29.3 Å². The number of hydrogen-bond acceptors (Lipinski definition) is 4. The Bertz CT molecular complexity index is 1440. The Balaban J connectivity index is 1.69. The average molecular weight is 394 g/mol. The molecule has 6 rings (SSSR count). The molecule has 3 aromatic rings. The van der Waals surface area contributed by atoms with Gasteiger partial charge in [0.15, 0.2) is 11.5 Å². The van der Waals surface area contributed by atoms with Crippen LogP contribution in [0.4, 0.5) is 0 Å². The Kier molecular flexibility index (Phi) is 2.42. The zero-order valence-electron chi connectivity index (χ0n) is 20.5. The fraction of sp³-hybridized carbons (Fsp3) is 0.273. The summed E-state index contributed by atoms with van der Waals surface area (Å²) in [7, 11) is 1.47. The van der Waals surface area contributed by atoms with E-state index < -0.39 is 29.9 Å². The lowest BCUT2D eigenvalue weighted by molar-refractivity contribution is -0.157. The predicted octanol–water partition coefficient (Wildman–Crippen LogP) is 2.21. The minimum absolute atomic E-state index is 0.0539. The van der Waals surface area contributed by atoms with E-state index in [2.05, 4.69) is 4.98 Å². The molecule has 2 amide bonds. The van der Waals surface area contributed by atoms with Crippen molar-refractivity contribution in [2.75, 3.05) is 20.4 Å². The Morgan fingerprint density at radius 2 is 2.03 bits per heavy atom. The third-order valence-electron chi connectivity index (χ3n) is 5.69. The molecule has 146 valence electrons. The van der Waals surface area contributed by atoms with Gasteiger partial charge in [-0.15, -0.1) is 0 Å². The average Bonchev–Trinajstić information content (AvgIpc) is 3.43. The van der Waals surface area contributed by atoms with Gasteiger partial charge in [0, 0.05) is 30.1 Å². The molecule has 0 radical (unpaired) electrons. The molecule has 1 unspecified atom stereocenters. The van der Waals surface area contributed by atoms with Gasteiger partial charge in [-0.25, -0.2) is 0 Å². The molecule has 0 aliphatic carbocycles. The zero-order chi connectivity index (χ0) is 24.1. The van der Waals surface area contributed by atoms with Crippen LogP contribution < -0.4 is 9.47 Å². The van der Waals surface area contributed by atoms with Crippen molar-refractivity contribution in [1.29, 1.82) is 0 Å². The molecule has 7 heteroatoms. The number of amides is 2. The van der Waals surface area contributed by atoms with Crippen LogP contribution in [0.3, 0.4) is 0 Å². The molecular weight excluding hydrogens is 370 g/mol. The summed E-state index contributed by atoms with van der Waals surface area (Å²) < 4.78 is 53.2. The number of carbonyl (C=O) groups excluding carboxylic acids is 2. The van der Waals surface area contributed by atoms with Gasteiger partial charge in [-0.1, -0.05) is 24.2 Å². The second-order valence-corrected chi connectivity index (χ2v) is 7.33. The second-order valence-electron chi connectivity index (χ2n) is 7.33. The minimum atomic E-state index is -1.98. The lowest BCUT2D eigenvalue weighted by Crippen LogP contribution is -2.62. The van der Waals surface area contributed by atoms with E-state index >= 15 is 0 Å². The number of ether oxygens (including phenoxy) is 2. The van der Waals surface area contributed by atoms with E-state index in [0.717, 1.165) is 0 Å². The van der Waals surface area contributed by atoms with Gasteiger partial charge in [0.2, 0.25) is 18.6 Å². The molecule has 0 spiro atoms. The number of para-hydroxylation sites is 1. The summed E-state index contributed by atoms with van der Waals surface area (Å²) in [4.78, 5) is 32.1. The number of benzene rings is 2. The first-order valence-electron chi connectivity index (χ1n) is 11.7. The van der Waals surface area contributed by atoms with Crippen molar-refractivity contribution in [3.8, 4) is 11.5 Å². The van der Waals surface area contributed by atoms with Gasteiger partial charge < -0.3 is 24.3 Å². The SMILES string of the molecule is [2H]c1c([2H])c([2H])c2c3c([nH]c2c1[2H])C(c1ccc2c(c1)OCO2)N1C(=O)CN(C)C(=O)[C@@]1([2H])C3. The van der Waals surface area contributed by atoms with Crippen LogP contribution in [0.5, 0.6) is 11.5 Å². The highest BCUT2D eigenvalue weighted by molar-refractivity contribution is 5.97. The largest absolute Gasteiger partial charge is 0.454 e. The first kappa shape index (κ1) is 12.2. The molecule has 1 N–H and O–H groups in total. The van der Waals surface area contributed by atoms with Crippen LogP contribution in [0, 0.1) is 0 Å². The normalized spacial score (nSPS) is 27.8. The minimum Gasteiger partial charge on any atom is -0.454 e. The molecule has 3 aliphatic rings. The van der Waals surface area contributed by atoms with Crippen molar-refractivity contribution in [2.24, 2.45) is 0 Å². The fourth-order valence-corrected chi connectivity index (χ4v) is 4.38. The lowest BCUT2D eigenvalue weighted by atomic mass is 9.86. The number of carbonyl (C=O) groups is 2. The van der Waals surface area contributed by atoms with Crippen molar-refractivity contribution in [1.82, 2.24) is 14.8 Å². The first-order chi connectivity index (χ1) is 16.1. The van der Waals surface area contributed by atoms with E-state index in [1.54, 1.807) is 18.2 Å². The quantitative estimate of drug-likeness (QED) is 0.687. The number of aromatic amines is 1. The lowest BCUT2D eigenvalue weighted by Gasteiger charge is -2.46. The maximum atomic E-state index is 13.3. The third-order valence-corrected chi connectivity index (χ3v) is 5.69. The summed E-state index contributed by atoms with van der Waals surface area (Å²) in [6.07, 6.45) is -0.208. The highest BCUT2D eigenvalue weighted by atomic mass is 16.7. The van der Waals surface area contributed by atoms with Gasteiger partial charge in [-0.3, -0.25) is 9.59 Å². The molecule has 7 nitrogen and oxygen atoms in total. The van der Waals surface area contributed by atoms with E-state index in [0.29, 0.717) is 28.3 Å². The van der Waals surface area contributed by atoms with Crippen LogP contribution in [0.1, 0.15) is 29.7 Å². The highest BCUT2D eigenvalue weighted by Gasteiger charge is 2.47. The Morgan fingerprint density at radius 1 is 1.21 bits per heavy atom. The van der Waals surface area contributed by atoms with Crippen LogP contribution in [0.2, 0.25) is 0 Å². The summed E-state index contributed by atoms with van der Waals surface area (Å²) in [6.45, 7) is -0.129. The molecule has 29 heavy (non-hydrogen) atoms. The van der Waals surface area contributed by atoms with Crippen molar-refractivity contribution < 1.29 is 25.9 Å². The van der Waals surface area contributed by atoms with Gasteiger partial charge in [0.25, 0.3) is 0 Å². The fourth-order valence-electron chi connectivity index (χ4n) is 4.38. The molecule has 1 aromatic heterocycles. The van der Waals surface area contributed by atoms with Crippen LogP contribution in [0.25, 0.3) is 10.9 Å². The molecule has 2 atom stereocenters. The van der Waals surface area contributed by atoms with Gasteiger partial charge >= 0.3 is 0 Å². The first-order valence-corrected chi connectivity index (χ1v) is 9.21. The zero-order valence-corrected chi connectivity index (χ0v) is 15.5. The van der Waals surface area contributed by atoms with Crippen LogP contribution in [0.15, 0.2) is 42.4 Å². The van der Waals surface area contributed by atoms with E-state index in [-0.39, 0.29) is 48.8 Å². The smallest absolute Gasteiger partial charge is 0.245 e. The van der Waals surface area contributed by atoms with Crippen LogP contribution in [-0.2, 0) is 16.0 Å². The van der Waals surface area contributed by atoms with Crippen molar-refractivity contribution in [3.63, 3.8) is 0 Å². The van der Waals surface area contributed by atoms with Crippen LogP contribution >= 0.6 is 0 Å². The standard InChI is InChI=1S/C22H19N3O4/c1-24-10-19(26)25-16(22(24)27)9-14-13-4-2-3-5-15(13)23-20(14)21(25)12-6-7-17-18(8-12)29-11-28-17/h2-8,16,21,23H,9-11H2,1H3/t16-,21?/m1/s1/i2D,3D,4D,5D,16D. The topological polar surface area (TPSA) is 74.9 Å². The maximum Gasteiger partial charge on any atom is 0.245 e. The van der Waals surface area contributed by atoms with E-state index in [4.69, 9.17) is 15.0 Å². The Hall–Kier alpha value is -3.48. The Labute approximate surface area is 173 Å². The number of H-pyrrole nitrogens is 1. The molecule has 0 bridgehead atoms. The molecule has 0 saturated carbocycles. The number of aromatic nitrogens is 1. The number of nitrogens with one attached hydrogen (secondary N) is 1.